The van der Waals surface area contributed by atoms with Crippen molar-refractivity contribution in [1.29, 1.82) is 0 Å². The number of aromatic amines is 1. The van der Waals surface area contributed by atoms with Crippen LogP contribution in [-0.4, -0.2) is 45.2 Å². The minimum atomic E-state index is 0.0524. The molecule has 0 bridgehead atoms. The first-order chi connectivity index (χ1) is 13.3. The summed E-state index contributed by atoms with van der Waals surface area (Å²) in [6.07, 6.45) is 13.5. The van der Waals surface area contributed by atoms with Crippen LogP contribution >= 0.6 is 0 Å². The van der Waals surface area contributed by atoms with Gasteiger partial charge in [0.1, 0.15) is 0 Å². The molecule has 0 spiro atoms. The van der Waals surface area contributed by atoms with Crippen molar-refractivity contribution in [2.24, 2.45) is 0 Å². The van der Waals surface area contributed by atoms with Crippen LogP contribution in [0.4, 0.5) is 0 Å². The van der Waals surface area contributed by atoms with E-state index in [2.05, 4.69) is 15.2 Å². The number of ether oxygens (including phenoxy) is 1. The quantitative estimate of drug-likeness (QED) is 0.844. The molecule has 27 heavy (non-hydrogen) atoms. The third kappa shape index (κ3) is 4.38. The molecule has 1 aliphatic carbocycles. The predicted molar refractivity (Wildman–Crippen MR) is 102 cm³/mol. The highest BCUT2D eigenvalue weighted by molar-refractivity contribution is 5.95. The lowest BCUT2D eigenvalue weighted by Gasteiger charge is -2.27. The number of amides is 1. The molecule has 4 rings (SSSR count). The van der Waals surface area contributed by atoms with Gasteiger partial charge in [0, 0.05) is 38.0 Å². The third-order valence-corrected chi connectivity index (χ3v) is 5.77. The minimum absolute atomic E-state index is 0.0524. The Balaban J connectivity index is 1.55. The molecule has 1 atom stereocenters. The van der Waals surface area contributed by atoms with Gasteiger partial charge in [0.2, 0.25) is 0 Å². The molecule has 6 heteroatoms. The van der Waals surface area contributed by atoms with Crippen LogP contribution in [0, 0.1) is 0 Å². The smallest absolute Gasteiger partial charge is 0.257 e. The molecule has 2 aromatic heterocycles. The second-order valence-corrected chi connectivity index (χ2v) is 7.71. The Morgan fingerprint density at radius 2 is 1.96 bits per heavy atom. The SMILES string of the molecule is O=C(c1cn[nH]c1C1CCCCC1)N(Cc1ccncc1)C[C@H]1CCCO1. The summed E-state index contributed by atoms with van der Waals surface area (Å²) in [7, 11) is 0. The van der Waals surface area contributed by atoms with E-state index >= 15 is 0 Å². The third-order valence-electron chi connectivity index (χ3n) is 5.77. The highest BCUT2D eigenvalue weighted by Crippen LogP contribution is 2.33. The van der Waals surface area contributed by atoms with Crippen LogP contribution in [0.5, 0.6) is 0 Å². The molecule has 2 fully saturated rings. The number of hydrogen-bond donors (Lipinski definition) is 1. The van der Waals surface area contributed by atoms with Crippen LogP contribution in [0.1, 0.15) is 72.5 Å². The molecule has 1 N–H and O–H groups in total. The number of aromatic nitrogens is 3. The summed E-state index contributed by atoms with van der Waals surface area (Å²) in [5.41, 5.74) is 2.83. The van der Waals surface area contributed by atoms with Gasteiger partial charge in [0.15, 0.2) is 0 Å². The van der Waals surface area contributed by atoms with Crippen LogP contribution in [-0.2, 0) is 11.3 Å². The average molecular weight is 368 g/mol. The number of nitrogens with zero attached hydrogens (tertiary/aromatic N) is 3. The van der Waals surface area contributed by atoms with Gasteiger partial charge in [-0.05, 0) is 43.4 Å². The van der Waals surface area contributed by atoms with E-state index in [9.17, 15) is 4.79 Å². The fraction of sp³-hybridized carbons (Fsp3) is 0.571. The molecule has 3 heterocycles. The van der Waals surface area contributed by atoms with E-state index in [1.807, 2.05) is 17.0 Å². The second-order valence-electron chi connectivity index (χ2n) is 7.71. The van der Waals surface area contributed by atoms with E-state index in [1.165, 1.54) is 19.3 Å². The lowest BCUT2D eigenvalue weighted by atomic mass is 9.85. The van der Waals surface area contributed by atoms with Gasteiger partial charge < -0.3 is 9.64 Å². The Bertz CT molecular complexity index is 734. The summed E-state index contributed by atoms with van der Waals surface area (Å²) in [6.45, 7) is 1.98. The maximum absolute atomic E-state index is 13.5. The number of rotatable bonds is 6. The summed E-state index contributed by atoms with van der Waals surface area (Å²) in [5, 5.41) is 7.36. The number of hydrogen-bond acceptors (Lipinski definition) is 4. The first-order valence-corrected chi connectivity index (χ1v) is 10.1. The molecule has 0 unspecified atom stereocenters. The number of H-pyrrole nitrogens is 1. The zero-order valence-corrected chi connectivity index (χ0v) is 15.8. The van der Waals surface area contributed by atoms with Crippen molar-refractivity contribution < 1.29 is 9.53 Å². The van der Waals surface area contributed by atoms with Crippen LogP contribution in [0.15, 0.2) is 30.7 Å². The van der Waals surface area contributed by atoms with Crippen molar-refractivity contribution in [1.82, 2.24) is 20.1 Å². The summed E-state index contributed by atoms with van der Waals surface area (Å²) < 4.78 is 5.81. The van der Waals surface area contributed by atoms with Gasteiger partial charge in [0.25, 0.3) is 5.91 Å². The van der Waals surface area contributed by atoms with Crippen LogP contribution in [0.2, 0.25) is 0 Å². The normalized spacial score (nSPS) is 20.7. The highest BCUT2D eigenvalue weighted by atomic mass is 16.5. The molecule has 1 aliphatic heterocycles. The van der Waals surface area contributed by atoms with Crippen molar-refractivity contribution in [3.05, 3.63) is 47.5 Å². The number of carbonyl (C=O) groups excluding carboxylic acids is 1. The molecule has 144 valence electrons. The minimum Gasteiger partial charge on any atom is -0.376 e. The van der Waals surface area contributed by atoms with Crippen LogP contribution < -0.4 is 0 Å². The molecule has 6 nitrogen and oxygen atoms in total. The Labute approximate surface area is 160 Å². The fourth-order valence-electron chi connectivity index (χ4n) is 4.30. The van der Waals surface area contributed by atoms with Gasteiger partial charge in [-0.25, -0.2) is 0 Å². The topological polar surface area (TPSA) is 71.1 Å². The Morgan fingerprint density at radius 3 is 2.70 bits per heavy atom. The Morgan fingerprint density at radius 1 is 1.15 bits per heavy atom. The van der Waals surface area contributed by atoms with Gasteiger partial charge >= 0.3 is 0 Å². The van der Waals surface area contributed by atoms with Crippen molar-refractivity contribution in [2.45, 2.75) is 63.5 Å². The van der Waals surface area contributed by atoms with Crippen molar-refractivity contribution in [3.8, 4) is 0 Å². The molecule has 2 aromatic rings. The lowest BCUT2D eigenvalue weighted by molar-refractivity contribution is 0.0506. The van der Waals surface area contributed by atoms with Gasteiger partial charge in [-0.3, -0.25) is 14.9 Å². The molecule has 1 amide bonds. The molecule has 1 saturated heterocycles. The Hall–Kier alpha value is -2.21. The maximum atomic E-state index is 13.5. The largest absolute Gasteiger partial charge is 0.376 e. The Kier molecular flexibility index (Phi) is 5.82. The molecular formula is C21H28N4O2. The summed E-state index contributed by atoms with van der Waals surface area (Å²) in [6, 6.07) is 3.93. The zero-order chi connectivity index (χ0) is 18.5. The van der Waals surface area contributed by atoms with Gasteiger partial charge in [-0.2, -0.15) is 5.10 Å². The second kappa shape index (κ2) is 8.65. The first kappa shape index (κ1) is 18.2. The van der Waals surface area contributed by atoms with E-state index in [-0.39, 0.29) is 12.0 Å². The summed E-state index contributed by atoms with van der Waals surface area (Å²) >= 11 is 0. The molecule has 1 saturated carbocycles. The van der Waals surface area contributed by atoms with Crippen LogP contribution in [0.25, 0.3) is 0 Å². The standard InChI is InChI=1S/C21H28N4O2/c26-21(19-13-23-24-20(19)17-5-2-1-3-6-17)25(15-18-7-4-12-27-18)14-16-8-10-22-11-9-16/h8-11,13,17-18H,1-7,12,14-15H2,(H,23,24)/t18-/m1/s1. The van der Waals surface area contributed by atoms with E-state index in [0.29, 0.717) is 19.0 Å². The monoisotopic (exact) mass is 368 g/mol. The molecule has 0 radical (unpaired) electrons. The number of pyridine rings is 1. The van der Waals surface area contributed by atoms with E-state index in [1.54, 1.807) is 18.6 Å². The van der Waals surface area contributed by atoms with Gasteiger partial charge in [0.05, 0.1) is 23.6 Å². The van der Waals surface area contributed by atoms with E-state index in [0.717, 1.165) is 49.1 Å². The first-order valence-electron chi connectivity index (χ1n) is 10.1. The molecular weight excluding hydrogens is 340 g/mol. The molecule has 0 aromatic carbocycles. The van der Waals surface area contributed by atoms with Crippen molar-refractivity contribution >= 4 is 5.91 Å². The number of nitrogens with one attached hydrogen (secondary N) is 1. The van der Waals surface area contributed by atoms with E-state index in [4.69, 9.17) is 4.74 Å². The predicted octanol–water partition coefficient (Wildman–Crippen LogP) is 3.67. The fourth-order valence-corrected chi connectivity index (χ4v) is 4.30. The molecule has 2 aliphatic rings. The van der Waals surface area contributed by atoms with E-state index < -0.39 is 0 Å². The van der Waals surface area contributed by atoms with Crippen molar-refractivity contribution in [3.63, 3.8) is 0 Å². The highest BCUT2D eigenvalue weighted by Gasteiger charge is 2.28. The van der Waals surface area contributed by atoms with Crippen LogP contribution in [0.3, 0.4) is 0 Å². The van der Waals surface area contributed by atoms with Crippen molar-refractivity contribution in [2.75, 3.05) is 13.2 Å². The van der Waals surface area contributed by atoms with Gasteiger partial charge in [-0.1, -0.05) is 19.3 Å². The van der Waals surface area contributed by atoms with Gasteiger partial charge in [-0.15, -0.1) is 0 Å². The zero-order valence-electron chi connectivity index (χ0n) is 15.8. The summed E-state index contributed by atoms with van der Waals surface area (Å²) in [5.74, 6) is 0.474. The summed E-state index contributed by atoms with van der Waals surface area (Å²) in [4.78, 5) is 19.5. The lowest BCUT2D eigenvalue weighted by Crippen LogP contribution is -2.37. The maximum Gasteiger partial charge on any atom is 0.257 e. The average Bonchev–Trinajstić information content (AvgIpc) is 3.40. The number of carbonyl (C=O) groups is 1.